The fourth-order valence-corrected chi connectivity index (χ4v) is 16.3. The van der Waals surface area contributed by atoms with E-state index in [0.29, 0.717) is 28.4 Å². The van der Waals surface area contributed by atoms with Gasteiger partial charge in [0.1, 0.15) is 84.5 Å². The second-order valence-corrected chi connectivity index (χ2v) is 29.4. The van der Waals surface area contributed by atoms with Gasteiger partial charge in [-0.05, 0) is 228 Å². The van der Waals surface area contributed by atoms with E-state index in [-0.39, 0.29) is 17.0 Å². The number of rotatable bonds is 4. The summed E-state index contributed by atoms with van der Waals surface area (Å²) in [4.78, 5) is 0. The van der Waals surface area contributed by atoms with E-state index in [1.54, 1.807) is 30.3 Å². The summed E-state index contributed by atoms with van der Waals surface area (Å²) in [6, 6.07) is 70.2. The highest BCUT2D eigenvalue weighted by Gasteiger charge is 2.30. The molecular weight excluding hydrogens is 1370 g/mol. The maximum Gasteiger partial charge on any atom is 0.216 e. The van der Waals surface area contributed by atoms with Gasteiger partial charge in [0.05, 0.1) is 35.8 Å². The zero-order valence-corrected chi connectivity index (χ0v) is 63.7. The van der Waals surface area contributed by atoms with E-state index in [0.717, 1.165) is 177 Å². The van der Waals surface area contributed by atoms with Gasteiger partial charge < -0.3 is 17.7 Å². The van der Waals surface area contributed by atoms with Crippen molar-refractivity contribution in [3.05, 3.63) is 309 Å². The molecule has 0 atom stereocenters. The number of hydrogen-bond donors (Lipinski definition) is 0. The summed E-state index contributed by atoms with van der Waals surface area (Å²) >= 11 is 0. The van der Waals surface area contributed by atoms with Crippen molar-refractivity contribution in [1.29, 1.82) is 0 Å². The van der Waals surface area contributed by atoms with Crippen molar-refractivity contribution in [1.82, 2.24) is 0 Å². The van der Waals surface area contributed by atoms with Gasteiger partial charge in [-0.3, -0.25) is 0 Å². The molecule has 110 heavy (non-hydrogen) atoms. The van der Waals surface area contributed by atoms with E-state index in [9.17, 15) is 17.6 Å². The summed E-state index contributed by atoms with van der Waals surface area (Å²) in [5, 5.41) is 11.2. The van der Waals surface area contributed by atoms with Crippen molar-refractivity contribution in [2.75, 3.05) is 0 Å². The number of aromatic nitrogens is 4. The second-order valence-electron chi connectivity index (χ2n) is 29.4. The molecule has 20 rings (SSSR count). The molecule has 8 heterocycles. The van der Waals surface area contributed by atoms with Crippen LogP contribution in [-0.4, -0.2) is 0 Å². The average molecular weight is 1460 g/mol. The highest BCUT2D eigenvalue weighted by atomic mass is 19.2. The molecule has 0 unspecified atom stereocenters. The Morgan fingerprint density at radius 3 is 1.08 bits per heavy atom. The first-order chi connectivity index (χ1) is 53.8. The molecule has 12 heteroatoms. The number of benzene rings is 12. The minimum absolute atomic E-state index is 0.188. The van der Waals surface area contributed by atoms with Crippen LogP contribution in [0.15, 0.2) is 248 Å². The van der Waals surface area contributed by atoms with E-state index < -0.39 is 11.6 Å². The standard InChI is InChI=1S/C25H21FNO.C25H22NO.C24H18F2NO.C24H19FNO/c1-14-11-20(26)18-9-10-21(27(4)22(18)12-14)24-16(3)15(2)13-19-17-7-5-6-8-23(17)28-25(19)24;1-15-9-10-18-11-12-21(26(4)22(18)13-15)24-17(3)16(2)14-20-19-7-5-6-8-23(19)27-25(20)24;1-13-12-17-15-6-4-5-7-21(15)28-24(17)22(14(13)2)20-10-8-16-19(27(20)3)11-9-18(25)23(16)26;1-14-12-19-18-6-4-5-7-22(18)27-24(19)23(15(14)2)21-10-8-16-13-17(25)9-11-20(16)26(21)3/h5-13H,1-4H3;5-14H,1-4H3;4-12H,1-3H3;4-13H,1-3H3/q4*+1/i;11D;;8D. The van der Waals surface area contributed by atoms with Gasteiger partial charge in [0.2, 0.25) is 44.8 Å². The van der Waals surface area contributed by atoms with Crippen molar-refractivity contribution in [3.8, 4) is 45.0 Å². The zero-order chi connectivity index (χ0) is 78.3. The van der Waals surface area contributed by atoms with E-state index in [1.807, 2.05) is 146 Å². The summed E-state index contributed by atoms with van der Waals surface area (Å²) in [5.41, 5.74) is 29.6. The maximum absolute atomic E-state index is 14.5. The van der Waals surface area contributed by atoms with Crippen LogP contribution in [0.1, 0.15) is 58.4 Å². The Morgan fingerprint density at radius 2 is 0.636 bits per heavy atom. The third-order valence-electron chi connectivity index (χ3n) is 22.7. The topological polar surface area (TPSA) is 68.1 Å². The van der Waals surface area contributed by atoms with Gasteiger partial charge in [-0.15, -0.1) is 0 Å². The lowest BCUT2D eigenvalue weighted by molar-refractivity contribution is -0.633. The van der Waals surface area contributed by atoms with Crippen molar-refractivity contribution in [2.45, 2.75) is 69.2 Å². The third-order valence-corrected chi connectivity index (χ3v) is 22.7. The molecule has 0 amide bonds. The Labute approximate surface area is 636 Å². The SMILES string of the molecule is Cc1cc(F)c2ccc(-c3c(C)c(C)cc4c3oc3ccccc34)[n+](C)c2c1.Cc1cc2c(oc3ccccc32)c(-c2ccc3c(F)c(F)ccc3[n+]2C)c1C.[2H]c1cc(-c2c(C)c(C)cc3c2oc2ccccc23)[n+](C)c2cc(C)ccc12.[2H]c1cc(-c2c(C)c(C)cc3c2oc2ccccc23)[n+](C)c2ccc(F)cc12. The number of hydrogen-bond acceptors (Lipinski definition) is 4. The highest BCUT2D eigenvalue weighted by molar-refractivity contribution is 6.14. The van der Waals surface area contributed by atoms with Crippen LogP contribution in [0.4, 0.5) is 17.6 Å². The molecule has 8 nitrogen and oxygen atoms in total. The normalized spacial score (nSPS) is 12.0. The molecule has 0 spiro atoms. The minimum atomic E-state index is -0.841. The maximum atomic E-state index is 14.5. The molecule has 0 bridgehead atoms. The number of nitrogens with zero attached hydrogens (tertiary/aromatic N) is 4. The Bertz CT molecular complexity index is 7370. The summed E-state index contributed by atoms with van der Waals surface area (Å²) < 4.78 is 106. The lowest BCUT2D eigenvalue weighted by Crippen LogP contribution is -2.32. The summed E-state index contributed by atoms with van der Waals surface area (Å²) in [6.45, 7) is 20.9. The molecule has 12 aromatic carbocycles. The van der Waals surface area contributed by atoms with Crippen LogP contribution < -0.4 is 18.3 Å². The van der Waals surface area contributed by atoms with Gasteiger partial charge in [-0.2, -0.15) is 18.3 Å². The molecule has 0 saturated carbocycles. The van der Waals surface area contributed by atoms with Gasteiger partial charge in [-0.1, -0.05) is 78.9 Å². The van der Waals surface area contributed by atoms with E-state index in [1.165, 1.54) is 51.6 Å². The van der Waals surface area contributed by atoms with Crippen LogP contribution in [0.25, 0.3) is 176 Å². The van der Waals surface area contributed by atoms with Gasteiger partial charge in [0, 0.05) is 102 Å². The number of halogens is 4. The molecule has 8 aromatic heterocycles. The van der Waals surface area contributed by atoms with Crippen LogP contribution in [0.5, 0.6) is 0 Å². The van der Waals surface area contributed by atoms with E-state index >= 15 is 0 Å². The number of furan rings is 4. The Morgan fingerprint density at radius 1 is 0.273 bits per heavy atom. The Balaban J connectivity index is 0.000000108. The number of para-hydroxylation sites is 4. The zero-order valence-electron chi connectivity index (χ0n) is 65.7. The molecule has 0 radical (unpaired) electrons. The molecule has 0 aliphatic rings. The smallest absolute Gasteiger partial charge is 0.216 e. The molecule has 0 N–H and O–H groups in total. The largest absolute Gasteiger partial charge is 0.455 e. The molecule has 0 aliphatic heterocycles. The van der Waals surface area contributed by atoms with Crippen LogP contribution in [0, 0.1) is 92.5 Å². The minimum Gasteiger partial charge on any atom is -0.455 e. The molecule has 540 valence electrons. The summed E-state index contributed by atoms with van der Waals surface area (Å²) in [6.07, 6.45) is 0. The summed E-state index contributed by atoms with van der Waals surface area (Å²) in [5.74, 6) is -2.19. The van der Waals surface area contributed by atoms with Crippen molar-refractivity contribution < 1.29 is 56.2 Å². The first-order valence-electron chi connectivity index (χ1n) is 37.9. The number of fused-ring (bicyclic) bond motifs is 16. The van der Waals surface area contributed by atoms with Crippen molar-refractivity contribution in [2.24, 2.45) is 28.2 Å². The first-order valence-corrected chi connectivity index (χ1v) is 36.9. The first kappa shape index (κ1) is 67.8. The monoisotopic (exact) mass is 1450 g/mol. The van der Waals surface area contributed by atoms with Gasteiger partial charge >= 0.3 is 0 Å². The fraction of sp³-hybridized carbons (Fsp3) is 0.143. The number of aryl methyl sites for hydroxylation is 10. The predicted molar refractivity (Wildman–Crippen MR) is 439 cm³/mol. The van der Waals surface area contributed by atoms with Crippen LogP contribution in [-0.2, 0) is 28.2 Å². The molecule has 0 aliphatic carbocycles. The van der Waals surface area contributed by atoms with Crippen LogP contribution >= 0.6 is 0 Å². The van der Waals surface area contributed by atoms with Crippen molar-refractivity contribution in [3.63, 3.8) is 0 Å². The molecule has 0 fully saturated rings. The van der Waals surface area contributed by atoms with Gasteiger partial charge in [0.15, 0.2) is 11.6 Å². The molecular formula is C98H80F4N4O4+4. The molecule has 20 aromatic rings. The Kier molecular flexibility index (Phi) is 16.7. The second kappa shape index (κ2) is 27.2. The van der Waals surface area contributed by atoms with Crippen LogP contribution in [0.2, 0.25) is 0 Å². The Hall–Kier alpha value is -12.8. The van der Waals surface area contributed by atoms with Gasteiger partial charge in [0.25, 0.3) is 0 Å². The fourth-order valence-electron chi connectivity index (χ4n) is 16.3. The number of pyridine rings is 4. The quantitative estimate of drug-likeness (QED) is 0.130. The third kappa shape index (κ3) is 11.6. The van der Waals surface area contributed by atoms with Crippen LogP contribution in [0.3, 0.4) is 0 Å². The highest BCUT2D eigenvalue weighted by Crippen LogP contribution is 2.44. The lowest BCUT2D eigenvalue weighted by Gasteiger charge is -2.10. The van der Waals surface area contributed by atoms with E-state index in [4.69, 9.17) is 20.4 Å². The van der Waals surface area contributed by atoms with E-state index in [2.05, 4.69) is 139 Å². The summed E-state index contributed by atoms with van der Waals surface area (Å²) in [7, 11) is 7.89. The predicted octanol–water partition coefficient (Wildman–Crippen LogP) is 24.6. The van der Waals surface area contributed by atoms with Gasteiger partial charge in [-0.25, -0.2) is 17.6 Å². The molecule has 0 saturated heterocycles. The average Bonchev–Trinajstić information content (AvgIpc) is 1.56. The lowest BCUT2D eigenvalue weighted by atomic mass is 9.96. The van der Waals surface area contributed by atoms with Crippen molar-refractivity contribution >= 4 is 131 Å².